The van der Waals surface area contributed by atoms with Gasteiger partial charge in [-0.25, -0.2) is 4.98 Å². The Kier molecular flexibility index (Phi) is 7.74. The molecule has 2 N–H and O–H groups in total. The van der Waals surface area contributed by atoms with Crippen molar-refractivity contribution in [3.8, 4) is 11.6 Å². The van der Waals surface area contributed by atoms with E-state index in [1.807, 2.05) is 48.5 Å². The smallest absolute Gasteiger partial charge is 0.221 e. The topological polar surface area (TPSA) is 57.4 Å². The van der Waals surface area contributed by atoms with E-state index in [1.54, 1.807) is 6.20 Å². The molecule has 1 aromatic heterocycles. The van der Waals surface area contributed by atoms with Gasteiger partial charge in [-0.2, -0.15) is 0 Å². The van der Waals surface area contributed by atoms with Gasteiger partial charge in [0.15, 0.2) is 0 Å². The van der Waals surface area contributed by atoms with Crippen molar-refractivity contribution in [1.82, 2.24) is 4.98 Å². The maximum absolute atomic E-state index is 6.74. The molecule has 0 saturated heterocycles. The fraction of sp³-hybridized carbons (Fsp3) is 0.323. The standard InChI is InChI=1S/C31H33ClN2O2/c32-28-21-27-25(15-19-34-30(27)35-22-24-10-5-2-6-11-24)20-29(28)36-26(14-16-31(33)17-18-31)13-7-12-23-8-3-1-4-9-23/h1-6,8-11,15,19-21,26H,7,12-14,16-18,22,33H2/t26-/m1/s1. The lowest BCUT2D eigenvalue weighted by Crippen LogP contribution is -2.26. The van der Waals surface area contributed by atoms with Crippen LogP contribution in [0.5, 0.6) is 11.6 Å². The van der Waals surface area contributed by atoms with Crippen molar-refractivity contribution in [1.29, 1.82) is 0 Å². The van der Waals surface area contributed by atoms with Gasteiger partial charge in [-0.3, -0.25) is 0 Å². The van der Waals surface area contributed by atoms with Crippen LogP contribution in [0, 0.1) is 0 Å². The highest BCUT2D eigenvalue weighted by molar-refractivity contribution is 6.33. The third-order valence-corrected chi connectivity index (χ3v) is 7.28. The van der Waals surface area contributed by atoms with Crippen molar-refractivity contribution in [3.63, 3.8) is 0 Å². The van der Waals surface area contributed by atoms with Crippen LogP contribution in [0.4, 0.5) is 0 Å². The zero-order chi connectivity index (χ0) is 24.8. The van der Waals surface area contributed by atoms with Gasteiger partial charge in [-0.1, -0.05) is 72.3 Å². The van der Waals surface area contributed by atoms with Gasteiger partial charge in [0, 0.05) is 17.1 Å². The Hall–Kier alpha value is -3.08. The second-order valence-corrected chi connectivity index (χ2v) is 10.3. The molecular formula is C31H33ClN2O2. The van der Waals surface area contributed by atoms with Gasteiger partial charge < -0.3 is 15.2 Å². The van der Waals surface area contributed by atoms with Gasteiger partial charge in [-0.05, 0) is 79.7 Å². The molecule has 0 radical (unpaired) electrons. The van der Waals surface area contributed by atoms with E-state index >= 15 is 0 Å². The summed E-state index contributed by atoms with van der Waals surface area (Å²) in [4.78, 5) is 4.45. The molecule has 1 fully saturated rings. The average molecular weight is 501 g/mol. The molecule has 4 nitrogen and oxygen atoms in total. The predicted octanol–water partition coefficient (Wildman–Crippen LogP) is 7.51. The highest BCUT2D eigenvalue weighted by Crippen LogP contribution is 2.39. The summed E-state index contributed by atoms with van der Waals surface area (Å²) in [5.74, 6) is 1.28. The molecule has 186 valence electrons. The first-order valence-electron chi connectivity index (χ1n) is 12.8. The van der Waals surface area contributed by atoms with Gasteiger partial charge in [0.2, 0.25) is 5.88 Å². The second kappa shape index (κ2) is 11.3. The Morgan fingerprint density at radius 2 is 1.64 bits per heavy atom. The number of ether oxygens (including phenoxy) is 2. The summed E-state index contributed by atoms with van der Waals surface area (Å²) in [6.07, 6.45) is 9.02. The number of aryl methyl sites for hydroxylation is 1. The van der Waals surface area contributed by atoms with Crippen molar-refractivity contribution in [2.45, 2.75) is 63.2 Å². The number of pyridine rings is 1. The molecule has 4 aromatic rings. The first-order valence-corrected chi connectivity index (χ1v) is 13.2. The predicted molar refractivity (Wildman–Crippen MR) is 147 cm³/mol. The van der Waals surface area contributed by atoms with Crippen LogP contribution in [0.1, 0.15) is 49.7 Å². The van der Waals surface area contributed by atoms with Crippen LogP contribution in [0.15, 0.2) is 85.1 Å². The molecule has 3 aromatic carbocycles. The number of nitrogens with zero attached hydrogens (tertiary/aromatic N) is 1. The Morgan fingerprint density at radius 3 is 2.36 bits per heavy atom. The van der Waals surface area contributed by atoms with Gasteiger partial charge in [0.25, 0.3) is 0 Å². The summed E-state index contributed by atoms with van der Waals surface area (Å²) in [6.45, 7) is 0.452. The molecule has 1 atom stereocenters. The molecule has 36 heavy (non-hydrogen) atoms. The van der Waals surface area contributed by atoms with Gasteiger partial charge in [-0.15, -0.1) is 0 Å². The molecule has 0 spiro atoms. The number of hydrogen-bond donors (Lipinski definition) is 1. The fourth-order valence-electron chi connectivity index (χ4n) is 4.56. The lowest BCUT2D eigenvalue weighted by molar-refractivity contribution is 0.171. The van der Waals surface area contributed by atoms with Crippen LogP contribution in [0.25, 0.3) is 10.8 Å². The minimum Gasteiger partial charge on any atom is -0.489 e. The number of rotatable bonds is 12. The average Bonchev–Trinajstić information content (AvgIpc) is 3.65. The first kappa shape index (κ1) is 24.6. The van der Waals surface area contributed by atoms with E-state index in [0.717, 1.165) is 61.3 Å². The van der Waals surface area contributed by atoms with Crippen LogP contribution in [0.3, 0.4) is 0 Å². The summed E-state index contributed by atoms with van der Waals surface area (Å²) in [7, 11) is 0. The highest BCUT2D eigenvalue weighted by atomic mass is 35.5. The largest absolute Gasteiger partial charge is 0.489 e. The van der Waals surface area contributed by atoms with Crippen molar-refractivity contribution >= 4 is 22.4 Å². The highest BCUT2D eigenvalue weighted by Gasteiger charge is 2.38. The SMILES string of the molecule is NC1(CC[C@@H](CCCc2ccccc2)Oc2cc3ccnc(OCc4ccccc4)c3cc2Cl)CC1. The lowest BCUT2D eigenvalue weighted by Gasteiger charge is -2.22. The Labute approximate surface area is 218 Å². The number of nitrogens with two attached hydrogens (primary N) is 1. The lowest BCUT2D eigenvalue weighted by atomic mass is 10.0. The first-order chi connectivity index (χ1) is 17.6. The van der Waals surface area contributed by atoms with Gasteiger partial charge >= 0.3 is 0 Å². The van der Waals surface area contributed by atoms with E-state index in [4.69, 9.17) is 26.8 Å². The molecule has 0 aliphatic heterocycles. The van der Waals surface area contributed by atoms with E-state index in [9.17, 15) is 0 Å². The van der Waals surface area contributed by atoms with Crippen molar-refractivity contribution in [2.24, 2.45) is 5.73 Å². The van der Waals surface area contributed by atoms with Crippen molar-refractivity contribution in [2.75, 3.05) is 0 Å². The van der Waals surface area contributed by atoms with E-state index in [-0.39, 0.29) is 11.6 Å². The minimum atomic E-state index is 0.00484. The monoisotopic (exact) mass is 500 g/mol. The molecule has 5 rings (SSSR count). The van der Waals surface area contributed by atoms with Crippen LogP contribution >= 0.6 is 11.6 Å². The molecular weight excluding hydrogens is 468 g/mol. The maximum Gasteiger partial charge on any atom is 0.221 e. The third-order valence-electron chi connectivity index (χ3n) is 6.98. The van der Waals surface area contributed by atoms with E-state index in [2.05, 4.69) is 35.3 Å². The maximum atomic E-state index is 6.74. The Bertz CT molecular complexity index is 1280. The van der Waals surface area contributed by atoms with E-state index in [0.29, 0.717) is 23.3 Å². The molecule has 1 aliphatic rings. The van der Waals surface area contributed by atoms with Crippen LogP contribution in [-0.2, 0) is 13.0 Å². The van der Waals surface area contributed by atoms with Gasteiger partial charge in [0.1, 0.15) is 12.4 Å². The quantitative estimate of drug-likeness (QED) is 0.218. The van der Waals surface area contributed by atoms with Crippen LogP contribution in [-0.4, -0.2) is 16.6 Å². The number of benzene rings is 3. The molecule has 5 heteroatoms. The minimum absolute atomic E-state index is 0.00484. The van der Waals surface area contributed by atoms with Crippen molar-refractivity contribution in [3.05, 3.63) is 101 Å². The summed E-state index contributed by atoms with van der Waals surface area (Å²) >= 11 is 6.74. The summed E-state index contributed by atoms with van der Waals surface area (Å²) in [5, 5.41) is 2.44. The van der Waals surface area contributed by atoms with Crippen LogP contribution < -0.4 is 15.2 Å². The third kappa shape index (κ3) is 6.57. The van der Waals surface area contributed by atoms with E-state index < -0.39 is 0 Å². The van der Waals surface area contributed by atoms with Crippen LogP contribution in [0.2, 0.25) is 5.02 Å². The van der Waals surface area contributed by atoms with Crippen molar-refractivity contribution < 1.29 is 9.47 Å². The Morgan fingerprint density at radius 1 is 0.917 bits per heavy atom. The summed E-state index contributed by atoms with van der Waals surface area (Å²) < 4.78 is 12.6. The number of aromatic nitrogens is 1. The normalized spacial score (nSPS) is 14.9. The fourth-order valence-corrected chi connectivity index (χ4v) is 4.77. The zero-order valence-electron chi connectivity index (χ0n) is 20.5. The zero-order valence-corrected chi connectivity index (χ0v) is 21.3. The van der Waals surface area contributed by atoms with Gasteiger partial charge in [0.05, 0.1) is 11.1 Å². The molecule has 0 amide bonds. The Balaban J connectivity index is 1.29. The molecule has 0 unspecified atom stereocenters. The second-order valence-electron chi connectivity index (χ2n) is 9.91. The molecule has 1 saturated carbocycles. The van der Waals surface area contributed by atoms with E-state index in [1.165, 1.54) is 5.56 Å². The number of fused-ring (bicyclic) bond motifs is 1. The number of halogens is 1. The molecule has 0 bridgehead atoms. The summed E-state index contributed by atoms with van der Waals surface area (Å²) in [5.41, 5.74) is 8.85. The summed E-state index contributed by atoms with van der Waals surface area (Å²) in [6, 6.07) is 26.6. The molecule has 1 aliphatic carbocycles. The number of hydrogen-bond acceptors (Lipinski definition) is 4. The molecule has 1 heterocycles.